The smallest absolute Gasteiger partial charge is 0.286 e. The molecule has 0 aromatic heterocycles. The van der Waals surface area contributed by atoms with E-state index in [2.05, 4.69) is 53.8 Å². The van der Waals surface area contributed by atoms with Crippen molar-refractivity contribution in [1.29, 1.82) is 0 Å². The largest absolute Gasteiger partial charge is 0.329 e. The Labute approximate surface area is 181 Å². The standard InChI is InChI=1S/C24H52N2O3/c1-8-9-10-11-12-13-15-23(16-14-18-26-19-17-25)24(27-20(2)3,28-21(4)5)29-22(6)7/h20-23,26H,8-19,25H2,1-7H3. The number of nitrogens with one attached hydrogen (secondary N) is 1. The van der Waals surface area contributed by atoms with Gasteiger partial charge in [0.2, 0.25) is 0 Å². The molecule has 0 aliphatic heterocycles. The number of rotatable bonds is 20. The van der Waals surface area contributed by atoms with Crippen molar-refractivity contribution in [3.63, 3.8) is 0 Å². The number of ether oxygens (including phenoxy) is 3. The van der Waals surface area contributed by atoms with Crippen molar-refractivity contribution >= 4 is 0 Å². The van der Waals surface area contributed by atoms with Crippen LogP contribution in [-0.4, -0.2) is 43.9 Å². The van der Waals surface area contributed by atoms with Gasteiger partial charge in [-0.3, -0.25) is 0 Å². The van der Waals surface area contributed by atoms with E-state index >= 15 is 0 Å². The molecule has 0 fully saturated rings. The molecule has 0 aromatic rings. The molecule has 3 N–H and O–H groups in total. The van der Waals surface area contributed by atoms with Gasteiger partial charge in [-0.05, 0) is 67.3 Å². The Morgan fingerprint density at radius 3 is 1.66 bits per heavy atom. The lowest BCUT2D eigenvalue weighted by atomic mass is 9.92. The first kappa shape index (κ1) is 28.8. The maximum Gasteiger partial charge on any atom is 0.286 e. The summed E-state index contributed by atoms with van der Waals surface area (Å²) in [6.45, 7) is 17.1. The first-order valence-corrected chi connectivity index (χ1v) is 12.2. The van der Waals surface area contributed by atoms with Gasteiger partial charge in [0, 0.05) is 19.0 Å². The number of unbranched alkanes of at least 4 members (excludes halogenated alkanes) is 5. The van der Waals surface area contributed by atoms with E-state index in [-0.39, 0.29) is 24.2 Å². The lowest BCUT2D eigenvalue weighted by Gasteiger charge is -2.43. The SMILES string of the molecule is CCCCCCCCC(CCCNCCN)C(OC(C)C)(OC(C)C)OC(C)C. The first-order valence-electron chi connectivity index (χ1n) is 12.2. The third-order valence-electron chi connectivity index (χ3n) is 4.83. The van der Waals surface area contributed by atoms with E-state index in [1.807, 2.05) is 0 Å². The molecule has 1 atom stereocenters. The third-order valence-corrected chi connectivity index (χ3v) is 4.83. The average Bonchev–Trinajstić information content (AvgIpc) is 2.60. The zero-order valence-corrected chi connectivity index (χ0v) is 20.6. The Balaban J connectivity index is 5.24. The molecule has 29 heavy (non-hydrogen) atoms. The summed E-state index contributed by atoms with van der Waals surface area (Å²) in [5.41, 5.74) is 5.60. The third kappa shape index (κ3) is 14.4. The average molecular weight is 417 g/mol. The summed E-state index contributed by atoms with van der Waals surface area (Å²) in [7, 11) is 0. The minimum atomic E-state index is -0.978. The van der Waals surface area contributed by atoms with Crippen LogP contribution >= 0.6 is 0 Å². The molecule has 5 nitrogen and oxygen atoms in total. The Morgan fingerprint density at radius 2 is 1.17 bits per heavy atom. The Bertz CT molecular complexity index is 336. The molecule has 0 amide bonds. The first-order chi connectivity index (χ1) is 13.8. The molecular formula is C24H52N2O3. The van der Waals surface area contributed by atoms with Crippen molar-refractivity contribution in [2.45, 2.75) is 131 Å². The predicted octanol–water partition coefficient (Wildman–Crippen LogP) is 5.61. The van der Waals surface area contributed by atoms with Crippen molar-refractivity contribution in [2.24, 2.45) is 11.7 Å². The minimum Gasteiger partial charge on any atom is -0.329 e. The van der Waals surface area contributed by atoms with E-state index < -0.39 is 5.97 Å². The molecule has 1 unspecified atom stereocenters. The van der Waals surface area contributed by atoms with Crippen molar-refractivity contribution in [2.75, 3.05) is 19.6 Å². The maximum atomic E-state index is 6.41. The Hall–Kier alpha value is -0.200. The van der Waals surface area contributed by atoms with E-state index in [4.69, 9.17) is 19.9 Å². The fourth-order valence-electron chi connectivity index (χ4n) is 3.73. The maximum absolute atomic E-state index is 6.41. The molecule has 5 heteroatoms. The molecule has 176 valence electrons. The number of hydrogen-bond acceptors (Lipinski definition) is 5. The minimum absolute atomic E-state index is 0.0370. The molecular weight excluding hydrogens is 364 g/mol. The molecule has 0 heterocycles. The molecule has 0 saturated carbocycles. The zero-order valence-electron chi connectivity index (χ0n) is 20.6. The van der Waals surface area contributed by atoms with Crippen LogP contribution in [0.4, 0.5) is 0 Å². The van der Waals surface area contributed by atoms with E-state index in [1.54, 1.807) is 0 Å². The van der Waals surface area contributed by atoms with Gasteiger partial charge in [0.1, 0.15) is 0 Å². The summed E-state index contributed by atoms with van der Waals surface area (Å²) in [4.78, 5) is 0. The highest BCUT2D eigenvalue weighted by atomic mass is 16.9. The number of nitrogens with two attached hydrogens (primary N) is 1. The lowest BCUT2D eigenvalue weighted by molar-refractivity contribution is -0.433. The Kier molecular flexibility index (Phi) is 17.4. The molecule has 0 spiro atoms. The second-order valence-electron chi connectivity index (χ2n) is 9.04. The van der Waals surface area contributed by atoms with Gasteiger partial charge in [-0.1, -0.05) is 45.4 Å². The molecule has 0 saturated heterocycles. The summed E-state index contributed by atoms with van der Waals surface area (Å²) in [6.07, 6.45) is 11.0. The normalized spacial score (nSPS) is 13.8. The van der Waals surface area contributed by atoms with Crippen molar-refractivity contribution in [3.8, 4) is 0 Å². The van der Waals surface area contributed by atoms with Crippen LogP contribution in [0, 0.1) is 5.92 Å². The van der Waals surface area contributed by atoms with Gasteiger partial charge < -0.3 is 25.3 Å². The summed E-state index contributed by atoms with van der Waals surface area (Å²) in [6, 6.07) is 0. The van der Waals surface area contributed by atoms with Gasteiger partial charge in [0.15, 0.2) is 0 Å². The second-order valence-corrected chi connectivity index (χ2v) is 9.04. The van der Waals surface area contributed by atoms with Crippen LogP contribution < -0.4 is 11.1 Å². The summed E-state index contributed by atoms with van der Waals surface area (Å²) >= 11 is 0. The highest BCUT2D eigenvalue weighted by Crippen LogP contribution is 2.36. The van der Waals surface area contributed by atoms with Crippen LogP contribution in [0.5, 0.6) is 0 Å². The second kappa shape index (κ2) is 17.5. The summed E-state index contributed by atoms with van der Waals surface area (Å²) < 4.78 is 19.2. The van der Waals surface area contributed by atoms with Crippen LogP contribution in [0.3, 0.4) is 0 Å². The van der Waals surface area contributed by atoms with E-state index in [0.717, 1.165) is 32.4 Å². The molecule has 0 rings (SSSR count). The lowest BCUT2D eigenvalue weighted by Crippen LogP contribution is -2.51. The van der Waals surface area contributed by atoms with E-state index in [9.17, 15) is 0 Å². The van der Waals surface area contributed by atoms with Gasteiger partial charge in [-0.15, -0.1) is 0 Å². The van der Waals surface area contributed by atoms with E-state index in [1.165, 1.54) is 38.5 Å². The summed E-state index contributed by atoms with van der Waals surface area (Å²) in [5, 5.41) is 3.41. The molecule has 0 bridgehead atoms. The monoisotopic (exact) mass is 416 g/mol. The highest BCUT2D eigenvalue weighted by Gasteiger charge is 2.44. The fraction of sp³-hybridized carbons (Fsp3) is 1.00. The van der Waals surface area contributed by atoms with Gasteiger partial charge in [-0.25, -0.2) is 0 Å². The van der Waals surface area contributed by atoms with Crippen LogP contribution in [0.15, 0.2) is 0 Å². The molecule has 0 aliphatic carbocycles. The van der Waals surface area contributed by atoms with E-state index in [0.29, 0.717) is 6.54 Å². The molecule has 0 radical (unpaired) electrons. The van der Waals surface area contributed by atoms with Gasteiger partial charge in [0.25, 0.3) is 5.97 Å². The van der Waals surface area contributed by atoms with Crippen LogP contribution in [-0.2, 0) is 14.2 Å². The molecule has 0 aromatic carbocycles. The predicted molar refractivity (Wildman–Crippen MR) is 124 cm³/mol. The van der Waals surface area contributed by atoms with Gasteiger partial charge >= 0.3 is 0 Å². The zero-order chi connectivity index (χ0) is 22.1. The Morgan fingerprint density at radius 1 is 0.690 bits per heavy atom. The van der Waals surface area contributed by atoms with Crippen molar-refractivity contribution < 1.29 is 14.2 Å². The fourth-order valence-corrected chi connectivity index (χ4v) is 3.73. The number of hydrogen-bond donors (Lipinski definition) is 2. The molecule has 0 aliphatic rings. The van der Waals surface area contributed by atoms with Crippen LogP contribution in [0.1, 0.15) is 106 Å². The topological polar surface area (TPSA) is 65.7 Å². The van der Waals surface area contributed by atoms with Crippen LogP contribution in [0.2, 0.25) is 0 Å². The summed E-state index contributed by atoms with van der Waals surface area (Å²) in [5.74, 6) is -0.770. The quantitative estimate of drug-likeness (QED) is 0.199. The van der Waals surface area contributed by atoms with Crippen molar-refractivity contribution in [1.82, 2.24) is 5.32 Å². The van der Waals surface area contributed by atoms with Crippen molar-refractivity contribution in [3.05, 3.63) is 0 Å². The van der Waals surface area contributed by atoms with Crippen LogP contribution in [0.25, 0.3) is 0 Å². The van der Waals surface area contributed by atoms with Gasteiger partial charge in [-0.2, -0.15) is 0 Å². The van der Waals surface area contributed by atoms with Gasteiger partial charge in [0.05, 0.1) is 18.3 Å². The highest BCUT2D eigenvalue weighted by molar-refractivity contribution is 4.76.